The Labute approximate surface area is 113 Å². The Morgan fingerprint density at radius 3 is 2.39 bits per heavy atom. The molecule has 0 aliphatic heterocycles. The summed E-state index contributed by atoms with van der Waals surface area (Å²) in [6, 6.07) is 9.09. The molecule has 0 aromatic heterocycles. The van der Waals surface area contributed by atoms with Crippen molar-refractivity contribution in [2.45, 2.75) is 47.0 Å². The van der Waals surface area contributed by atoms with Crippen LogP contribution in [0.3, 0.4) is 0 Å². The molecule has 1 rings (SSSR count). The van der Waals surface area contributed by atoms with Crippen LogP contribution in [0.5, 0.6) is 0 Å². The predicted octanol–water partition coefficient (Wildman–Crippen LogP) is 4.06. The van der Waals surface area contributed by atoms with E-state index >= 15 is 0 Å². The molecule has 1 heteroatoms. The third-order valence-electron chi connectivity index (χ3n) is 3.01. The van der Waals surface area contributed by atoms with E-state index in [1.165, 1.54) is 30.4 Å². The molecule has 1 N–H and O–H groups in total. The lowest BCUT2D eigenvalue weighted by molar-refractivity contribution is 0.543. The van der Waals surface area contributed by atoms with Crippen LogP contribution in [0.2, 0.25) is 0 Å². The molecule has 0 aliphatic rings. The van der Waals surface area contributed by atoms with Gasteiger partial charge in [0.2, 0.25) is 0 Å². The van der Waals surface area contributed by atoms with E-state index in [0.29, 0.717) is 0 Å². The minimum absolute atomic E-state index is 0.743. The fraction of sp³-hybridized carbons (Fsp3) is 0.647. The van der Waals surface area contributed by atoms with Gasteiger partial charge >= 0.3 is 0 Å². The molecule has 0 fully saturated rings. The van der Waals surface area contributed by atoms with Gasteiger partial charge < -0.3 is 5.32 Å². The van der Waals surface area contributed by atoms with E-state index in [-0.39, 0.29) is 0 Å². The predicted molar refractivity (Wildman–Crippen MR) is 81.0 cm³/mol. The molecule has 1 aromatic rings. The average molecular weight is 247 g/mol. The Kier molecular flexibility index (Phi) is 7.04. The first-order chi connectivity index (χ1) is 8.58. The zero-order valence-corrected chi connectivity index (χ0v) is 12.5. The molecule has 0 unspecified atom stereocenters. The fourth-order valence-electron chi connectivity index (χ4n) is 2.19. The summed E-state index contributed by atoms with van der Waals surface area (Å²) in [4.78, 5) is 0. The van der Waals surface area contributed by atoms with Crippen LogP contribution in [-0.2, 0) is 12.8 Å². The van der Waals surface area contributed by atoms with Gasteiger partial charge in [-0.05, 0) is 55.3 Å². The fourth-order valence-corrected chi connectivity index (χ4v) is 2.19. The van der Waals surface area contributed by atoms with E-state index in [4.69, 9.17) is 0 Å². The molecule has 102 valence electrons. The summed E-state index contributed by atoms with van der Waals surface area (Å²) in [6.07, 6.45) is 3.62. The Bertz CT molecular complexity index is 328. The average Bonchev–Trinajstić information content (AvgIpc) is 2.27. The van der Waals surface area contributed by atoms with Crippen molar-refractivity contribution in [1.29, 1.82) is 0 Å². The van der Waals surface area contributed by atoms with Crippen LogP contribution < -0.4 is 5.32 Å². The molecule has 0 radical (unpaired) electrons. The highest BCUT2D eigenvalue weighted by Gasteiger charge is 2.00. The van der Waals surface area contributed by atoms with Gasteiger partial charge in [0, 0.05) is 0 Å². The first kappa shape index (κ1) is 15.2. The number of hydrogen-bond acceptors (Lipinski definition) is 1. The molecule has 1 nitrogen and oxygen atoms in total. The summed E-state index contributed by atoms with van der Waals surface area (Å²) < 4.78 is 0. The normalized spacial score (nSPS) is 11.4. The lowest BCUT2D eigenvalue weighted by atomic mass is 9.99. The summed E-state index contributed by atoms with van der Waals surface area (Å²) in [5.74, 6) is 1.49. The molecule has 18 heavy (non-hydrogen) atoms. The van der Waals surface area contributed by atoms with Gasteiger partial charge in [-0.15, -0.1) is 0 Å². The molecule has 0 bridgehead atoms. The van der Waals surface area contributed by atoms with Crippen LogP contribution in [0.15, 0.2) is 24.3 Å². The van der Waals surface area contributed by atoms with Gasteiger partial charge in [0.15, 0.2) is 0 Å². The van der Waals surface area contributed by atoms with Crippen molar-refractivity contribution in [3.63, 3.8) is 0 Å². The monoisotopic (exact) mass is 247 g/mol. The molecule has 0 aliphatic carbocycles. The van der Waals surface area contributed by atoms with E-state index in [1.807, 2.05) is 0 Å². The topological polar surface area (TPSA) is 12.0 Å². The van der Waals surface area contributed by atoms with E-state index in [2.05, 4.69) is 57.3 Å². The van der Waals surface area contributed by atoms with Crippen molar-refractivity contribution in [3.8, 4) is 0 Å². The minimum atomic E-state index is 0.743. The number of nitrogens with one attached hydrogen (secondary N) is 1. The van der Waals surface area contributed by atoms with Crippen LogP contribution >= 0.6 is 0 Å². The summed E-state index contributed by atoms with van der Waals surface area (Å²) >= 11 is 0. The van der Waals surface area contributed by atoms with Gasteiger partial charge in [-0.1, -0.05) is 52.0 Å². The maximum atomic E-state index is 3.50. The van der Waals surface area contributed by atoms with Gasteiger partial charge in [0.05, 0.1) is 0 Å². The summed E-state index contributed by atoms with van der Waals surface area (Å²) in [6.45, 7) is 11.3. The van der Waals surface area contributed by atoms with Gasteiger partial charge in [-0.2, -0.15) is 0 Å². The quantitative estimate of drug-likeness (QED) is 0.683. The van der Waals surface area contributed by atoms with Gasteiger partial charge in [-0.3, -0.25) is 0 Å². The highest BCUT2D eigenvalue weighted by Crippen LogP contribution is 2.11. The molecule has 0 atom stereocenters. The van der Waals surface area contributed by atoms with E-state index < -0.39 is 0 Å². The van der Waals surface area contributed by atoms with Crippen LogP contribution in [0.1, 0.15) is 45.2 Å². The van der Waals surface area contributed by atoms with Gasteiger partial charge in [0.1, 0.15) is 0 Å². The van der Waals surface area contributed by atoms with Crippen molar-refractivity contribution in [2.75, 3.05) is 13.1 Å². The largest absolute Gasteiger partial charge is 0.316 e. The van der Waals surface area contributed by atoms with E-state index in [9.17, 15) is 0 Å². The molecule has 0 spiro atoms. The zero-order valence-electron chi connectivity index (χ0n) is 12.5. The molecular weight excluding hydrogens is 218 g/mol. The third-order valence-corrected chi connectivity index (χ3v) is 3.01. The lowest BCUT2D eigenvalue weighted by Crippen LogP contribution is -2.21. The van der Waals surface area contributed by atoms with Crippen molar-refractivity contribution in [1.82, 2.24) is 5.32 Å². The third kappa shape index (κ3) is 6.80. The van der Waals surface area contributed by atoms with Crippen LogP contribution in [0, 0.1) is 11.8 Å². The standard InChI is InChI=1S/C17H29N/c1-14(2)11-17-8-5-7-16(12-17)9-6-10-18-13-15(3)4/h5,7-8,12,14-15,18H,6,9-11,13H2,1-4H3. The molecule has 0 heterocycles. The Balaban J connectivity index is 2.29. The van der Waals surface area contributed by atoms with Crippen LogP contribution in [0.25, 0.3) is 0 Å². The Hall–Kier alpha value is -0.820. The number of rotatable bonds is 8. The summed E-state index contributed by atoms with van der Waals surface area (Å²) in [5.41, 5.74) is 2.97. The second-order valence-electron chi connectivity index (χ2n) is 6.12. The smallest absolute Gasteiger partial charge is 0.00258 e. The summed E-state index contributed by atoms with van der Waals surface area (Å²) in [7, 11) is 0. The van der Waals surface area contributed by atoms with Crippen LogP contribution in [0.4, 0.5) is 0 Å². The molecule has 0 saturated carbocycles. The van der Waals surface area contributed by atoms with Crippen molar-refractivity contribution in [2.24, 2.45) is 11.8 Å². The van der Waals surface area contributed by atoms with Crippen LogP contribution in [-0.4, -0.2) is 13.1 Å². The first-order valence-corrected chi connectivity index (χ1v) is 7.36. The second kappa shape index (κ2) is 8.31. The van der Waals surface area contributed by atoms with E-state index in [0.717, 1.165) is 24.9 Å². The lowest BCUT2D eigenvalue weighted by Gasteiger charge is -2.09. The van der Waals surface area contributed by atoms with Crippen molar-refractivity contribution >= 4 is 0 Å². The first-order valence-electron chi connectivity index (χ1n) is 7.36. The highest BCUT2D eigenvalue weighted by atomic mass is 14.8. The second-order valence-corrected chi connectivity index (χ2v) is 6.12. The molecular formula is C17H29N. The Morgan fingerprint density at radius 2 is 1.72 bits per heavy atom. The number of aryl methyl sites for hydroxylation is 1. The number of hydrogen-bond donors (Lipinski definition) is 1. The minimum Gasteiger partial charge on any atom is -0.316 e. The SMILES string of the molecule is CC(C)CNCCCc1cccc(CC(C)C)c1. The molecule has 1 aromatic carbocycles. The molecule has 0 saturated heterocycles. The highest BCUT2D eigenvalue weighted by molar-refractivity contribution is 5.23. The van der Waals surface area contributed by atoms with Crippen molar-refractivity contribution < 1.29 is 0 Å². The molecule has 0 amide bonds. The van der Waals surface area contributed by atoms with Gasteiger partial charge in [-0.25, -0.2) is 0 Å². The van der Waals surface area contributed by atoms with Crippen molar-refractivity contribution in [3.05, 3.63) is 35.4 Å². The maximum Gasteiger partial charge on any atom is -0.00258 e. The number of benzene rings is 1. The van der Waals surface area contributed by atoms with Gasteiger partial charge in [0.25, 0.3) is 0 Å². The zero-order chi connectivity index (χ0) is 13.4. The van der Waals surface area contributed by atoms with E-state index in [1.54, 1.807) is 0 Å². The Morgan fingerprint density at radius 1 is 1.00 bits per heavy atom. The summed E-state index contributed by atoms with van der Waals surface area (Å²) in [5, 5.41) is 3.50. The maximum absolute atomic E-state index is 3.50.